The van der Waals surface area contributed by atoms with Gasteiger partial charge in [-0.15, -0.1) is 0 Å². The Morgan fingerprint density at radius 1 is 1.12 bits per heavy atom. The van der Waals surface area contributed by atoms with Gasteiger partial charge in [0.15, 0.2) is 0 Å². The number of hydrogen-bond donors (Lipinski definition) is 0. The summed E-state index contributed by atoms with van der Waals surface area (Å²) in [5.41, 5.74) is 3.55. The third-order valence-corrected chi connectivity index (χ3v) is 8.97. The summed E-state index contributed by atoms with van der Waals surface area (Å²) in [6, 6.07) is 13.3. The molecule has 3 aliphatic carbocycles. The van der Waals surface area contributed by atoms with Crippen molar-refractivity contribution in [1.82, 2.24) is 0 Å². The van der Waals surface area contributed by atoms with Gasteiger partial charge in [0.25, 0.3) is 0 Å². The number of ether oxygens (including phenoxy) is 2. The first kappa shape index (κ1) is 23.4. The van der Waals surface area contributed by atoms with E-state index < -0.39 is 0 Å². The Hall–Kier alpha value is -2.36. The molecular formula is C30H37FO3. The molecule has 2 fully saturated rings. The maximum atomic E-state index is 13.9. The molecule has 3 aliphatic rings. The van der Waals surface area contributed by atoms with E-state index in [1.165, 1.54) is 30.0 Å². The fourth-order valence-electron chi connectivity index (χ4n) is 7.11. The second-order valence-corrected chi connectivity index (χ2v) is 10.9. The molecule has 4 heteroatoms. The summed E-state index contributed by atoms with van der Waals surface area (Å²) in [7, 11) is 0. The van der Waals surface area contributed by atoms with E-state index >= 15 is 0 Å². The van der Waals surface area contributed by atoms with Gasteiger partial charge in [-0.05, 0) is 92.0 Å². The first-order chi connectivity index (χ1) is 16.5. The van der Waals surface area contributed by atoms with Crippen molar-refractivity contribution in [3.63, 3.8) is 0 Å². The summed E-state index contributed by atoms with van der Waals surface area (Å²) in [6.07, 6.45) is 9.27. The van der Waals surface area contributed by atoms with Crippen molar-refractivity contribution in [3.05, 3.63) is 65.0 Å². The predicted molar refractivity (Wildman–Crippen MR) is 131 cm³/mol. The van der Waals surface area contributed by atoms with E-state index in [9.17, 15) is 9.18 Å². The Morgan fingerprint density at radius 3 is 2.79 bits per heavy atom. The van der Waals surface area contributed by atoms with Crippen molar-refractivity contribution in [2.24, 2.45) is 17.3 Å². The van der Waals surface area contributed by atoms with E-state index in [0.717, 1.165) is 44.3 Å². The lowest BCUT2D eigenvalue weighted by Gasteiger charge is -2.50. The van der Waals surface area contributed by atoms with Crippen LogP contribution in [-0.4, -0.2) is 12.1 Å². The molecule has 2 aromatic carbocycles. The van der Waals surface area contributed by atoms with Gasteiger partial charge in [0.2, 0.25) is 0 Å². The van der Waals surface area contributed by atoms with Crippen molar-refractivity contribution < 1.29 is 18.7 Å². The molecule has 0 N–H and O–H groups in total. The number of carbonyl (C=O) groups excluding carboxylic acids is 1. The molecule has 0 aliphatic heterocycles. The number of halogens is 1. The van der Waals surface area contributed by atoms with Crippen LogP contribution in [0.1, 0.15) is 87.8 Å². The summed E-state index contributed by atoms with van der Waals surface area (Å²) < 4.78 is 25.9. The first-order valence-corrected chi connectivity index (χ1v) is 13.2. The number of fused-ring (bicyclic) bond motifs is 5. The number of esters is 1. The molecule has 0 heterocycles. The van der Waals surface area contributed by atoms with Crippen LogP contribution in [0.25, 0.3) is 0 Å². The minimum absolute atomic E-state index is 0.00671. The summed E-state index contributed by atoms with van der Waals surface area (Å²) >= 11 is 0. The number of unbranched alkanes of at least 4 members (excludes halogenated alkanes) is 1. The highest BCUT2D eigenvalue weighted by atomic mass is 19.1. The molecule has 0 radical (unpaired) electrons. The molecule has 2 aromatic rings. The minimum Gasteiger partial charge on any atom is -0.489 e. The van der Waals surface area contributed by atoms with Gasteiger partial charge in [0.05, 0.1) is 0 Å². The standard InChI is InChI=1S/C30H37FO3/c1-3-4-9-29(32)34-28-15-14-26-25-12-10-20-18-22(33-19-21-7-5-6-8-27(21)31)11-13-23(20)24(25)16-17-30(26,28)2/h5-8,11,13,18,24-26,28H,3-4,9-10,12,14-17,19H2,1-2H3/t24-,25-,26-,28+,30-/m0/s1. The number of rotatable bonds is 7. The van der Waals surface area contributed by atoms with E-state index in [-0.39, 0.29) is 29.9 Å². The van der Waals surface area contributed by atoms with Crippen LogP contribution in [0.15, 0.2) is 42.5 Å². The molecule has 0 aromatic heterocycles. The van der Waals surface area contributed by atoms with Crippen LogP contribution in [0.2, 0.25) is 0 Å². The Kier molecular flexibility index (Phi) is 6.68. The molecule has 0 spiro atoms. The van der Waals surface area contributed by atoms with Crippen LogP contribution in [0.5, 0.6) is 5.75 Å². The lowest BCUT2D eigenvalue weighted by atomic mass is 9.55. The smallest absolute Gasteiger partial charge is 0.306 e. The number of benzene rings is 2. The molecule has 0 amide bonds. The molecule has 34 heavy (non-hydrogen) atoms. The average molecular weight is 465 g/mol. The maximum Gasteiger partial charge on any atom is 0.306 e. The molecule has 0 saturated heterocycles. The van der Waals surface area contributed by atoms with Gasteiger partial charge in [0, 0.05) is 17.4 Å². The van der Waals surface area contributed by atoms with E-state index in [2.05, 4.69) is 32.0 Å². The van der Waals surface area contributed by atoms with Crippen LogP contribution >= 0.6 is 0 Å². The second-order valence-electron chi connectivity index (χ2n) is 10.9. The van der Waals surface area contributed by atoms with Gasteiger partial charge in [-0.25, -0.2) is 4.39 Å². The van der Waals surface area contributed by atoms with E-state index in [4.69, 9.17) is 9.47 Å². The molecular weight excluding hydrogens is 427 g/mol. The van der Waals surface area contributed by atoms with Gasteiger partial charge >= 0.3 is 5.97 Å². The third-order valence-electron chi connectivity index (χ3n) is 8.97. The Bertz CT molecular complexity index is 1030. The van der Waals surface area contributed by atoms with Crippen LogP contribution < -0.4 is 4.74 Å². The predicted octanol–water partition coefficient (Wildman–Crippen LogP) is 7.36. The molecule has 0 unspecified atom stereocenters. The number of hydrogen-bond acceptors (Lipinski definition) is 3. The summed E-state index contributed by atoms with van der Waals surface area (Å²) in [5, 5.41) is 0. The van der Waals surface area contributed by atoms with Crippen molar-refractivity contribution in [3.8, 4) is 5.75 Å². The van der Waals surface area contributed by atoms with Gasteiger partial charge < -0.3 is 9.47 Å². The van der Waals surface area contributed by atoms with Crippen molar-refractivity contribution in [2.45, 2.75) is 90.3 Å². The quantitative estimate of drug-likeness (QED) is 0.402. The topological polar surface area (TPSA) is 35.5 Å². The molecule has 3 nitrogen and oxygen atoms in total. The molecule has 5 atom stereocenters. The fraction of sp³-hybridized carbons (Fsp3) is 0.567. The highest BCUT2D eigenvalue weighted by Gasteiger charge is 2.56. The van der Waals surface area contributed by atoms with E-state index in [1.807, 2.05) is 6.07 Å². The Morgan fingerprint density at radius 2 is 1.97 bits per heavy atom. The van der Waals surface area contributed by atoms with Crippen LogP contribution in [0, 0.1) is 23.1 Å². The van der Waals surface area contributed by atoms with Gasteiger partial charge in [0.1, 0.15) is 24.3 Å². The van der Waals surface area contributed by atoms with Crippen LogP contribution in [-0.2, 0) is 22.6 Å². The van der Waals surface area contributed by atoms with Crippen LogP contribution in [0.3, 0.4) is 0 Å². The zero-order valence-electron chi connectivity index (χ0n) is 20.5. The van der Waals surface area contributed by atoms with Gasteiger partial charge in [-0.3, -0.25) is 4.79 Å². The van der Waals surface area contributed by atoms with Crippen molar-refractivity contribution in [2.75, 3.05) is 0 Å². The zero-order valence-corrected chi connectivity index (χ0v) is 20.5. The number of carbonyl (C=O) groups is 1. The van der Waals surface area contributed by atoms with Gasteiger partial charge in [-0.2, -0.15) is 0 Å². The normalized spacial score (nSPS) is 29.6. The van der Waals surface area contributed by atoms with Gasteiger partial charge in [-0.1, -0.05) is 44.5 Å². The highest BCUT2D eigenvalue weighted by molar-refractivity contribution is 5.69. The van der Waals surface area contributed by atoms with Crippen molar-refractivity contribution >= 4 is 5.97 Å². The maximum absolute atomic E-state index is 13.9. The van der Waals surface area contributed by atoms with E-state index in [0.29, 0.717) is 29.7 Å². The summed E-state index contributed by atoms with van der Waals surface area (Å²) in [4.78, 5) is 12.4. The number of aryl methyl sites for hydroxylation is 1. The fourth-order valence-corrected chi connectivity index (χ4v) is 7.11. The first-order valence-electron chi connectivity index (χ1n) is 13.2. The highest BCUT2D eigenvalue weighted by Crippen LogP contribution is 2.61. The zero-order chi connectivity index (χ0) is 23.7. The summed E-state index contributed by atoms with van der Waals surface area (Å²) in [5.74, 6) is 2.46. The SMILES string of the molecule is CCCCC(=O)O[C@@H]1CC[C@H]2[C@H]3CCc4cc(OCc5ccccc5F)ccc4[C@@H]3CC[C@]12C. The minimum atomic E-state index is -0.223. The van der Waals surface area contributed by atoms with E-state index in [1.54, 1.807) is 12.1 Å². The largest absolute Gasteiger partial charge is 0.489 e. The molecule has 2 saturated carbocycles. The monoisotopic (exact) mass is 464 g/mol. The summed E-state index contributed by atoms with van der Waals surface area (Å²) in [6.45, 7) is 4.74. The lowest BCUT2D eigenvalue weighted by Crippen LogP contribution is -2.45. The van der Waals surface area contributed by atoms with Crippen molar-refractivity contribution in [1.29, 1.82) is 0 Å². The molecule has 5 rings (SSSR count). The molecule has 0 bridgehead atoms. The second kappa shape index (κ2) is 9.71. The Balaban J connectivity index is 1.27. The Labute approximate surface area is 203 Å². The molecule has 182 valence electrons. The average Bonchev–Trinajstić information content (AvgIpc) is 3.17. The lowest BCUT2D eigenvalue weighted by molar-refractivity contribution is -0.157. The van der Waals surface area contributed by atoms with Crippen LogP contribution in [0.4, 0.5) is 4.39 Å². The third kappa shape index (κ3) is 4.36.